The molecule has 0 saturated heterocycles. The molecule has 0 radical (unpaired) electrons. The van der Waals surface area contributed by atoms with E-state index in [0.29, 0.717) is 10.5 Å². The molecule has 0 aromatic heterocycles. The second kappa shape index (κ2) is 4.23. The number of carbonyl (C=O) groups is 1. The normalized spacial score (nSPS) is 9.69. The Morgan fingerprint density at radius 3 is 2.38 bits per heavy atom. The van der Waals surface area contributed by atoms with Gasteiger partial charge in [0.25, 0.3) is 0 Å². The maximum atomic E-state index is 12.5. The Balaban J connectivity index is 2.90. The first kappa shape index (κ1) is 9.99. The van der Waals surface area contributed by atoms with Crippen LogP contribution in [0.25, 0.3) is 0 Å². The number of halogens is 1. The van der Waals surface area contributed by atoms with Gasteiger partial charge in [-0.25, -0.2) is 4.39 Å². The van der Waals surface area contributed by atoms with Gasteiger partial charge in [-0.1, -0.05) is 6.58 Å². The predicted octanol–water partition coefficient (Wildman–Crippen LogP) is 2.89. The lowest BCUT2D eigenvalue weighted by Crippen LogP contribution is -1.98. The zero-order valence-electron chi connectivity index (χ0n) is 7.21. The van der Waals surface area contributed by atoms with Crippen LogP contribution >= 0.6 is 11.8 Å². The molecule has 0 spiro atoms. The minimum Gasteiger partial charge on any atom is -0.288 e. The lowest BCUT2D eigenvalue weighted by Gasteiger charge is -2.00. The lowest BCUT2D eigenvalue weighted by molar-refractivity contribution is 0.104. The zero-order valence-corrected chi connectivity index (χ0v) is 8.03. The molecule has 1 aromatic carbocycles. The maximum absolute atomic E-state index is 12.5. The minimum atomic E-state index is -0.341. The van der Waals surface area contributed by atoms with Gasteiger partial charge in [0, 0.05) is 10.5 Å². The highest BCUT2D eigenvalue weighted by Gasteiger charge is 2.08. The standard InChI is InChI=1S/C10H9FOS/c1-7(13-2)10(12)8-3-5-9(11)6-4-8/h3-6H,1H2,2H3. The molecular formula is C10H9FOS. The Kier molecular flexibility index (Phi) is 3.25. The molecule has 1 aromatic rings. The third-order valence-electron chi connectivity index (χ3n) is 1.61. The molecule has 0 aliphatic carbocycles. The quantitative estimate of drug-likeness (QED) is 0.546. The summed E-state index contributed by atoms with van der Waals surface area (Å²) in [4.78, 5) is 11.9. The summed E-state index contributed by atoms with van der Waals surface area (Å²) in [6, 6.07) is 5.44. The van der Waals surface area contributed by atoms with E-state index in [0.717, 1.165) is 0 Å². The van der Waals surface area contributed by atoms with Gasteiger partial charge in [-0.05, 0) is 30.5 Å². The van der Waals surface area contributed by atoms with E-state index < -0.39 is 0 Å². The van der Waals surface area contributed by atoms with Crippen molar-refractivity contribution in [1.29, 1.82) is 0 Å². The number of hydrogen-bond donors (Lipinski definition) is 0. The third kappa shape index (κ3) is 2.42. The number of benzene rings is 1. The molecule has 0 fully saturated rings. The van der Waals surface area contributed by atoms with Gasteiger partial charge in [0.2, 0.25) is 0 Å². The summed E-state index contributed by atoms with van der Waals surface area (Å²) in [6.07, 6.45) is 1.78. The molecule has 0 amide bonds. The molecule has 1 nitrogen and oxygen atoms in total. The Bertz CT molecular complexity index is 329. The van der Waals surface area contributed by atoms with E-state index >= 15 is 0 Å². The average molecular weight is 196 g/mol. The number of Topliss-reactive ketones (excluding diaryl/α,β-unsaturated/α-hetero) is 1. The Hall–Kier alpha value is -1.09. The molecular weight excluding hydrogens is 187 g/mol. The van der Waals surface area contributed by atoms with Crippen LogP contribution in [0.4, 0.5) is 4.39 Å². The fourth-order valence-corrected chi connectivity index (χ4v) is 1.16. The minimum absolute atomic E-state index is 0.146. The number of hydrogen-bond acceptors (Lipinski definition) is 2. The topological polar surface area (TPSA) is 17.1 Å². The van der Waals surface area contributed by atoms with Crippen LogP contribution in [0.2, 0.25) is 0 Å². The van der Waals surface area contributed by atoms with Gasteiger partial charge in [0.1, 0.15) is 5.82 Å². The van der Waals surface area contributed by atoms with E-state index in [1.54, 1.807) is 6.26 Å². The number of carbonyl (C=O) groups excluding carboxylic acids is 1. The fourth-order valence-electron chi connectivity index (χ4n) is 0.855. The van der Waals surface area contributed by atoms with Crippen molar-refractivity contribution >= 4 is 17.5 Å². The van der Waals surface area contributed by atoms with E-state index in [1.807, 2.05) is 0 Å². The largest absolute Gasteiger partial charge is 0.288 e. The first-order chi connectivity index (χ1) is 6.15. The van der Waals surface area contributed by atoms with E-state index in [1.165, 1.54) is 36.0 Å². The molecule has 3 heteroatoms. The van der Waals surface area contributed by atoms with E-state index in [9.17, 15) is 9.18 Å². The molecule has 0 unspecified atom stereocenters. The number of thioether (sulfide) groups is 1. The van der Waals surface area contributed by atoms with Crippen LogP contribution in [0.3, 0.4) is 0 Å². The number of rotatable bonds is 3. The second-order valence-electron chi connectivity index (χ2n) is 2.46. The van der Waals surface area contributed by atoms with Crippen molar-refractivity contribution in [2.75, 3.05) is 6.26 Å². The Morgan fingerprint density at radius 2 is 1.92 bits per heavy atom. The summed E-state index contributed by atoms with van der Waals surface area (Å²) >= 11 is 1.29. The monoisotopic (exact) mass is 196 g/mol. The van der Waals surface area contributed by atoms with Crippen LogP contribution in [-0.2, 0) is 0 Å². The van der Waals surface area contributed by atoms with E-state index in [4.69, 9.17) is 0 Å². The SMILES string of the molecule is C=C(SC)C(=O)c1ccc(F)cc1. The van der Waals surface area contributed by atoms with Crippen molar-refractivity contribution in [3.05, 3.63) is 47.1 Å². The second-order valence-corrected chi connectivity index (χ2v) is 3.36. The van der Waals surface area contributed by atoms with Crippen LogP contribution < -0.4 is 0 Å². The summed E-state index contributed by atoms with van der Waals surface area (Å²) < 4.78 is 12.5. The predicted molar refractivity (Wildman–Crippen MR) is 53.4 cm³/mol. The summed E-state index contributed by atoms with van der Waals surface area (Å²) in [7, 11) is 0. The van der Waals surface area contributed by atoms with Crippen molar-refractivity contribution in [3.8, 4) is 0 Å². The van der Waals surface area contributed by atoms with Crippen LogP contribution in [0.1, 0.15) is 10.4 Å². The highest BCUT2D eigenvalue weighted by atomic mass is 32.2. The fraction of sp³-hybridized carbons (Fsp3) is 0.100. The van der Waals surface area contributed by atoms with Crippen molar-refractivity contribution in [2.45, 2.75) is 0 Å². The van der Waals surface area contributed by atoms with Crippen molar-refractivity contribution in [3.63, 3.8) is 0 Å². The van der Waals surface area contributed by atoms with Gasteiger partial charge < -0.3 is 0 Å². The average Bonchev–Trinajstić information content (AvgIpc) is 2.17. The first-order valence-electron chi connectivity index (χ1n) is 3.68. The zero-order chi connectivity index (χ0) is 9.84. The molecule has 68 valence electrons. The van der Waals surface area contributed by atoms with Crippen LogP contribution in [-0.4, -0.2) is 12.0 Å². The van der Waals surface area contributed by atoms with Gasteiger partial charge in [0.15, 0.2) is 5.78 Å². The van der Waals surface area contributed by atoms with Crippen molar-refractivity contribution in [2.24, 2.45) is 0 Å². The maximum Gasteiger partial charge on any atom is 0.198 e. The van der Waals surface area contributed by atoms with Crippen LogP contribution in [0.5, 0.6) is 0 Å². The summed E-state index contributed by atoms with van der Waals surface area (Å²) in [5.41, 5.74) is 0.473. The molecule has 0 aliphatic rings. The summed E-state index contributed by atoms with van der Waals surface area (Å²) in [5.74, 6) is -0.487. The molecule has 0 N–H and O–H groups in total. The Morgan fingerprint density at radius 1 is 1.38 bits per heavy atom. The summed E-state index contributed by atoms with van der Waals surface area (Å²) in [6.45, 7) is 3.59. The lowest BCUT2D eigenvalue weighted by atomic mass is 10.1. The van der Waals surface area contributed by atoms with Crippen molar-refractivity contribution in [1.82, 2.24) is 0 Å². The van der Waals surface area contributed by atoms with Gasteiger partial charge in [-0.15, -0.1) is 11.8 Å². The molecule has 0 saturated carbocycles. The van der Waals surface area contributed by atoms with Gasteiger partial charge >= 0.3 is 0 Å². The molecule has 0 aliphatic heterocycles. The van der Waals surface area contributed by atoms with Crippen molar-refractivity contribution < 1.29 is 9.18 Å². The molecule has 13 heavy (non-hydrogen) atoms. The molecule has 1 rings (SSSR count). The van der Waals surface area contributed by atoms with E-state index in [2.05, 4.69) is 6.58 Å². The smallest absolute Gasteiger partial charge is 0.198 e. The Labute approximate surface area is 80.7 Å². The van der Waals surface area contributed by atoms with E-state index in [-0.39, 0.29) is 11.6 Å². The first-order valence-corrected chi connectivity index (χ1v) is 4.91. The molecule has 0 atom stereocenters. The number of ketones is 1. The highest BCUT2D eigenvalue weighted by molar-refractivity contribution is 8.03. The molecule has 0 heterocycles. The van der Waals surface area contributed by atoms with Gasteiger partial charge in [-0.2, -0.15) is 0 Å². The third-order valence-corrected chi connectivity index (χ3v) is 2.28. The summed E-state index contributed by atoms with van der Waals surface area (Å²) in [5, 5.41) is 0. The van der Waals surface area contributed by atoms with Gasteiger partial charge in [0.05, 0.1) is 0 Å². The number of allylic oxidation sites excluding steroid dienone is 1. The van der Waals surface area contributed by atoms with Gasteiger partial charge in [-0.3, -0.25) is 4.79 Å². The molecule has 0 bridgehead atoms. The highest BCUT2D eigenvalue weighted by Crippen LogP contribution is 2.15. The van der Waals surface area contributed by atoms with Crippen LogP contribution in [0, 0.1) is 5.82 Å². The van der Waals surface area contributed by atoms with Crippen LogP contribution in [0.15, 0.2) is 35.7 Å².